The van der Waals surface area contributed by atoms with Gasteiger partial charge in [0.1, 0.15) is 5.15 Å². The van der Waals surface area contributed by atoms with E-state index in [1.807, 2.05) is 50.2 Å². The van der Waals surface area contributed by atoms with Crippen LogP contribution in [0.15, 0.2) is 36.4 Å². The Balaban J connectivity index is 2.32. The number of para-hydroxylation sites is 1. The molecule has 3 aromatic rings. The van der Waals surface area contributed by atoms with Crippen LogP contribution in [0.2, 0.25) is 10.2 Å². The number of rotatable bonds is 1. The molecule has 0 amide bonds. The maximum absolute atomic E-state index is 6.29. The van der Waals surface area contributed by atoms with Gasteiger partial charge in [-0.2, -0.15) is 0 Å². The van der Waals surface area contributed by atoms with Crippen LogP contribution in [0.3, 0.4) is 0 Å². The SMILES string of the molecule is Cc1ccc(Cl)cc1-c1nc(Cl)c2cccc(C)c2n1. The van der Waals surface area contributed by atoms with Crippen LogP contribution in [-0.4, -0.2) is 9.97 Å². The van der Waals surface area contributed by atoms with Gasteiger partial charge < -0.3 is 0 Å². The number of fused-ring (bicyclic) bond motifs is 1. The van der Waals surface area contributed by atoms with E-state index in [4.69, 9.17) is 23.2 Å². The summed E-state index contributed by atoms with van der Waals surface area (Å²) in [7, 11) is 0. The van der Waals surface area contributed by atoms with Crippen molar-refractivity contribution in [2.45, 2.75) is 13.8 Å². The van der Waals surface area contributed by atoms with Gasteiger partial charge in [0, 0.05) is 16.0 Å². The highest BCUT2D eigenvalue weighted by molar-refractivity contribution is 6.34. The van der Waals surface area contributed by atoms with Crippen molar-refractivity contribution >= 4 is 34.1 Å². The average molecular weight is 303 g/mol. The zero-order chi connectivity index (χ0) is 14.3. The summed E-state index contributed by atoms with van der Waals surface area (Å²) in [6, 6.07) is 11.6. The van der Waals surface area contributed by atoms with E-state index in [0.29, 0.717) is 16.0 Å². The number of aromatic nitrogens is 2. The van der Waals surface area contributed by atoms with Crippen molar-refractivity contribution in [3.63, 3.8) is 0 Å². The van der Waals surface area contributed by atoms with Crippen LogP contribution >= 0.6 is 23.2 Å². The molecule has 0 atom stereocenters. The Morgan fingerprint density at radius 2 is 1.70 bits per heavy atom. The van der Waals surface area contributed by atoms with Gasteiger partial charge in [0.15, 0.2) is 5.82 Å². The lowest BCUT2D eigenvalue weighted by Gasteiger charge is -2.09. The normalized spacial score (nSPS) is 11.0. The molecule has 1 heterocycles. The molecule has 0 aliphatic carbocycles. The number of benzene rings is 2. The zero-order valence-electron chi connectivity index (χ0n) is 11.1. The van der Waals surface area contributed by atoms with Crippen LogP contribution < -0.4 is 0 Å². The van der Waals surface area contributed by atoms with Crippen LogP contribution in [0.5, 0.6) is 0 Å². The molecule has 100 valence electrons. The van der Waals surface area contributed by atoms with Crippen molar-refractivity contribution in [1.29, 1.82) is 0 Å². The Morgan fingerprint density at radius 3 is 2.50 bits per heavy atom. The maximum atomic E-state index is 6.29. The van der Waals surface area contributed by atoms with E-state index in [0.717, 1.165) is 27.6 Å². The average Bonchev–Trinajstić information content (AvgIpc) is 2.42. The second-order valence-corrected chi connectivity index (χ2v) is 5.56. The lowest BCUT2D eigenvalue weighted by Crippen LogP contribution is -1.95. The molecule has 3 rings (SSSR count). The van der Waals surface area contributed by atoms with E-state index in [9.17, 15) is 0 Å². The first-order chi connectivity index (χ1) is 9.56. The number of halogens is 2. The summed E-state index contributed by atoms with van der Waals surface area (Å²) in [5.74, 6) is 0.608. The standard InChI is InChI=1S/C16H12Cl2N2/c1-9-6-7-11(17)8-13(9)16-19-14-10(2)4-3-5-12(14)15(18)20-16/h3-8H,1-2H3. The van der Waals surface area contributed by atoms with Gasteiger partial charge in [-0.1, -0.05) is 41.4 Å². The lowest BCUT2D eigenvalue weighted by molar-refractivity contribution is 1.20. The molecule has 0 aliphatic rings. The molecule has 0 spiro atoms. The summed E-state index contributed by atoms with van der Waals surface area (Å²) in [5.41, 5.74) is 3.93. The van der Waals surface area contributed by atoms with Gasteiger partial charge in [-0.3, -0.25) is 0 Å². The Hall–Kier alpha value is -1.64. The van der Waals surface area contributed by atoms with Gasteiger partial charge in [0.05, 0.1) is 5.52 Å². The first-order valence-electron chi connectivity index (χ1n) is 6.25. The minimum Gasteiger partial charge on any atom is -0.228 e. The fourth-order valence-corrected chi connectivity index (χ4v) is 2.62. The predicted octanol–water partition coefficient (Wildman–Crippen LogP) is 5.22. The van der Waals surface area contributed by atoms with Crippen LogP contribution in [0.1, 0.15) is 11.1 Å². The van der Waals surface area contributed by atoms with Gasteiger partial charge in [-0.15, -0.1) is 0 Å². The van der Waals surface area contributed by atoms with Crippen molar-refractivity contribution in [2.24, 2.45) is 0 Å². The molecule has 0 saturated carbocycles. The summed E-state index contributed by atoms with van der Waals surface area (Å²) in [4.78, 5) is 9.06. The van der Waals surface area contributed by atoms with E-state index in [1.165, 1.54) is 0 Å². The van der Waals surface area contributed by atoms with E-state index < -0.39 is 0 Å². The van der Waals surface area contributed by atoms with Crippen molar-refractivity contribution in [3.8, 4) is 11.4 Å². The number of hydrogen-bond donors (Lipinski definition) is 0. The molecule has 0 N–H and O–H groups in total. The summed E-state index contributed by atoms with van der Waals surface area (Å²) in [6.45, 7) is 4.02. The van der Waals surface area contributed by atoms with Gasteiger partial charge in [-0.25, -0.2) is 9.97 Å². The minimum absolute atomic E-state index is 0.466. The Morgan fingerprint density at radius 1 is 0.900 bits per heavy atom. The minimum atomic E-state index is 0.466. The molecule has 4 heteroatoms. The summed E-state index contributed by atoms with van der Waals surface area (Å²) < 4.78 is 0. The molecule has 0 unspecified atom stereocenters. The summed E-state index contributed by atoms with van der Waals surface area (Å²) >= 11 is 12.4. The largest absolute Gasteiger partial charge is 0.228 e. The third-order valence-electron chi connectivity index (χ3n) is 3.32. The third-order valence-corrected chi connectivity index (χ3v) is 3.85. The molecule has 20 heavy (non-hydrogen) atoms. The van der Waals surface area contributed by atoms with Gasteiger partial charge in [-0.05, 0) is 43.2 Å². The molecule has 0 radical (unpaired) electrons. The van der Waals surface area contributed by atoms with E-state index in [-0.39, 0.29) is 0 Å². The highest BCUT2D eigenvalue weighted by atomic mass is 35.5. The van der Waals surface area contributed by atoms with Gasteiger partial charge >= 0.3 is 0 Å². The van der Waals surface area contributed by atoms with Crippen molar-refractivity contribution in [3.05, 3.63) is 57.7 Å². The van der Waals surface area contributed by atoms with Crippen molar-refractivity contribution in [2.75, 3.05) is 0 Å². The van der Waals surface area contributed by atoms with E-state index in [2.05, 4.69) is 9.97 Å². The molecule has 0 bridgehead atoms. The Kier molecular flexibility index (Phi) is 3.36. The smallest absolute Gasteiger partial charge is 0.161 e. The van der Waals surface area contributed by atoms with Crippen LogP contribution in [0, 0.1) is 13.8 Å². The fourth-order valence-electron chi connectivity index (χ4n) is 2.21. The lowest BCUT2D eigenvalue weighted by atomic mass is 10.1. The number of nitrogens with zero attached hydrogens (tertiary/aromatic N) is 2. The van der Waals surface area contributed by atoms with Crippen LogP contribution in [0.25, 0.3) is 22.3 Å². The zero-order valence-corrected chi connectivity index (χ0v) is 12.6. The quantitative estimate of drug-likeness (QED) is 0.576. The number of hydrogen-bond acceptors (Lipinski definition) is 2. The van der Waals surface area contributed by atoms with Crippen LogP contribution in [-0.2, 0) is 0 Å². The maximum Gasteiger partial charge on any atom is 0.161 e. The molecule has 2 nitrogen and oxygen atoms in total. The monoisotopic (exact) mass is 302 g/mol. The second kappa shape index (κ2) is 5.04. The predicted molar refractivity (Wildman–Crippen MR) is 84.5 cm³/mol. The first kappa shape index (κ1) is 13.3. The highest BCUT2D eigenvalue weighted by Gasteiger charge is 2.11. The Labute approximate surface area is 127 Å². The molecule has 1 aromatic heterocycles. The summed E-state index contributed by atoms with van der Waals surface area (Å²) in [5, 5.41) is 2.00. The van der Waals surface area contributed by atoms with Crippen molar-refractivity contribution in [1.82, 2.24) is 9.97 Å². The van der Waals surface area contributed by atoms with E-state index in [1.54, 1.807) is 0 Å². The molecule has 0 aliphatic heterocycles. The topological polar surface area (TPSA) is 25.8 Å². The molecule has 0 fully saturated rings. The van der Waals surface area contributed by atoms with Crippen molar-refractivity contribution < 1.29 is 0 Å². The summed E-state index contributed by atoms with van der Waals surface area (Å²) in [6.07, 6.45) is 0. The van der Waals surface area contributed by atoms with Gasteiger partial charge in [0.25, 0.3) is 0 Å². The molecule has 2 aromatic carbocycles. The van der Waals surface area contributed by atoms with Crippen LogP contribution in [0.4, 0.5) is 0 Å². The molecule has 0 saturated heterocycles. The molecular formula is C16H12Cl2N2. The highest BCUT2D eigenvalue weighted by Crippen LogP contribution is 2.29. The Bertz CT molecular complexity index is 813. The first-order valence-corrected chi connectivity index (χ1v) is 7.01. The van der Waals surface area contributed by atoms with Gasteiger partial charge in [0.2, 0.25) is 0 Å². The van der Waals surface area contributed by atoms with E-state index >= 15 is 0 Å². The third kappa shape index (κ3) is 2.26. The fraction of sp³-hybridized carbons (Fsp3) is 0.125. The molecular weight excluding hydrogens is 291 g/mol. The number of aryl methyl sites for hydroxylation is 2. The second-order valence-electron chi connectivity index (χ2n) is 4.77.